The average molecular weight is 337 g/mol. The van der Waals surface area contributed by atoms with E-state index in [9.17, 15) is 9.90 Å². The van der Waals surface area contributed by atoms with Crippen molar-refractivity contribution in [3.05, 3.63) is 29.8 Å². The molecule has 0 bridgehead atoms. The van der Waals surface area contributed by atoms with Crippen LogP contribution in [-0.2, 0) is 11.2 Å². The zero-order valence-electron chi connectivity index (χ0n) is 14.0. The minimum absolute atomic E-state index is 0.0110. The van der Waals surface area contributed by atoms with E-state index in [0.29, 0.717) is 17.4 Å². The normalized spacial score (nSPS) is 17.7. The maximum atomic E-state index is 11.9. The van der Waals surface area contributed by atoms with Gasteiger partial charge in [0.1, 0.15) is 5.75 Å². The lowest BCUT2D eigenvalue weighted by molar-refractivity contribution is -0.119. The number of nitrogens with one attached hydrogen (secondary N) is 1. The first-order valence-electron chi connectivity index (χ1n) is 8.22. The summed E-state index contributed by atoms with van der Waals surface area (Å²) in [7, 11) is 1.63. The van der Waals surface area contributed by atoms with Crippen molar-refractivity contribution in [3.63, 3.8) is 0 Å². The van der Waals surface area contributed by atoms with Gasteiger partial charge in [-0.05, 0) is 37.5 Å². The average Bonchev–Trinajstić information content (AvgIpc) is 3.05. The second-order valence-corrected chi connectivity index (χ2v) is 7.80. The molecule has 1 aromatic rings. The first kappa shape index (κ1) is 18.1. The van der Waals surface area contributed by atoms with E-state index >= 15 is 0 Å². The third kappa shape index (κ3) is 6.43. The van der Waals surface area contributed by atoms with Crippen molar-refractivity contribution in [1.29, 1.82) is 0 Å². The number of hydrogen-bond acceptors (Lipinski definition) is 4. The second kappa shape index (κ2) is 8.60. The van der Waals surface area contributed by atoms with Gasteiger partial charge in [-0.15, -0.1) is 11.8 Å². The van der Waals surface area contributed by atoms with Gasteiger partial charge >= 0.3 is 0 Å². The van der Waals surface area contributed by atoms with E-state index in [1.54, 1.807) is 25.8 Å². The van der Waals surface area contributed by atoms with Gasteiger partial charge in [0.2, 0.25) is 5.91 Å². The van der Waals surface area contributed by atoms with Gasteiger partial charge in [0, 0.05) is 18.2 Å². The van der Waals surface area contributed by atoms with Crippen LogP contribution in [0.25, 0.3) is 0 Å². The Hall–Kier alpha value is -1.20. The zero-order valence-corrected chi connectivity index (χ0v) is 14.8. The highest BCUT2D eigenvalue weighted by molar-refractivity contribution is 8.00. The van der Waals surface area contributed by atoms with E-state index in [-0.39, 0.29) is 12.5 Å². The van der Waals surface area contributed by atoms with Crippen LogP contribution in [0.1, 0.15) is 38.2 Å². The van der Waals surface area contributed by atoms with Crippen molar-refractivity contribution in [2.75, 3.05) is 19.4 Å². The second-order valence-electron chi connectivity index (χ2n) is 6.52. The quantitative estimate of drug-likeness (QED) is 0.766. The minimum Gasteiger partial charge on any atom is -0.497 e. The van der Waals surface area contributed by atoms with E-state index in [2.05, 4.69) is 5.32 Å². The molecule has 1 saturated carbocycles. The Morgan fingerprint density at radius 3 is 2.61 bits per heavy atom. The Kier molecular flexibility index (Phi) is 6.78. The number of hydrogen-bond donors (Lipinski definition) is 2. The Morgan fingerprint density at radius 2 is 2.00 bits per heavy atom. The highest BCUT2D eigenvalue weighted by Gasteiger charge is 2.22. The fraction of sp³-hybridized carbons (Fsp3) is 0.611. The number of methoxy groups -OCH3 is 1. The van der Waals surface area contributed by atoms with Crippen molar-refractivity contribution in [1.82, 2.24) is 5.32 Å². The smallest absolute Gasteiger partial charge is 0.230 e. The third-order valence-corrected chi connectivity index (χ3v) is 5.53. The monoisotopic (exact) mass is 337 g/mol. The molecule has 0 spiro atoms. The standard InChI is InChI=1S/C18H27NO3S/c1-18(21,11-14-7-9-15(22-2)10-8-14)13-19-17(20)12-23-16-5-3-4-6-16/h7-10,16,21H,3-6,11-13H2,1-2H3,(H,19,20). The molecule has 128 valence electrons. The van der Waals surface area contributed by atoms with Crippen molar-refractivity contribution >= 4 is 17.7 Å². The number of carbonyl (C=O) groups is 1. The molecule has 1 atom stereocenters. The Morgan fingerprint density at radius 1 is 1.35 bits per heavy atom. The van der Waals surface area contributed by atoms with Gasteiger partial charge in [-0.2, -0.15) is 0 Å². The molecule has 1 aliphatic carbocycles. The van der Waals surface area contributed by atoms with Crippen molar-refractivity contribution in [3.8, 4) is 5.75 Å². The fourth-order valence-electron chi connectivity index (χ4n) is 2.83. The fourth-order valence-corrected chi connectivity index (χ4v) is 3.99. The summed E-state index contributed by atoms with van der Waals surface area (Å²) < 4.78 is 5.13. The van der Waals surface area contributed by atoms with Crippen molar-refractivity contribution < 1.29 is 14.6 Å². The molecule has 0 heterocycles. The van der Waals surface area contributed by atoms with Crippen LogP contribution in [0.4, 0.5) is 0 Å². The van der Waals surface area contributed by atoms with Crippen LogP contribution in [0.15, 0.2) is 24.3 Å². The first-order valence-corrected chi connectivity index (χ1v) is 9.27. The molecule has 1 unspecified atom stereocenters. The van der Waals surface area contributed by atoms with Crippen LogP contribution in [0.3, 0.4) is 0 Å². The number of thioether (sulfide) groups is 1. The predicted octanol–water partition coefficient (Wildman–Crippen LogP) is 2.78. The topological polar surface area (TPSA) is 58.6 Å². The number of aliphatic hydroxyl groups is 1. The summed E-state index contributed by atoms with van der Waals surface area (Å²) in [5.74, 6) is 1.30. The summed E-state index contributed by atoms with van der Waals surface area (Å²) >= 11 is 1.74. The van der Waals surface area contributed by atoms with E-state index in [4.69, 9.17) is 4.74 Å². The van der Waals surface area contributed by atoms with E-state index in [1.165, 1.54) is 25.7 Å². The Labute approximate surface area is 143 Å². The molecule has 5 heteroatoms. The van der Waals surface area contributed by atoms with E-state index in [1.807, 2.05) is 24.3 Å². The van der Waals surface area contributed by atoms with Crippen molar-refractivity contribution in [2.24, 2.45) is 0 Å². The molecular formula is C18H27NO3S. The summed E-state index contributed by atoms with van der Waals surface area (Å²) in [5, 5.41) is 14.0. The molecule has 0 aromatic heterocycles. The summed E-state index contributed by atoms with van der Waals surface area (Å²) in [6.07, 6.45) is 5.53. The van der Waals surface area contributed by atoms with Crippen LogP contribution < -0.4 is 10.1 Å². The van der Waals surface area contributed by atoms with Crippen LogP contribution >= 0.6 is 11.8 Å². The van der Waals surface area contributed by atoms with Gasteiger partial charge in [0.05, 0.1) is 18.5 Å². The molecule has 0 aliphatic heterocycles. The van der Waals surface area contributed by atoms with Gasteiger partial charge in [-0.25, -0.2) is 0 Å². The zero-order chi connectivity index (χ0) is 16.7. The number of benzene rings is 1. The molecule has 2 rings (SSSR count). The summed E-state index contributed by atoms with van der Waals surface area (Å²) in [4.78, 5) is 11.9. The van der Waals surface area contributed by atoms with Gasteiger partial charge in [0.15, 0.2) is 0 Å². The molecule has 1 aromatic carbocycles. The number of ether oxygens (including phenoxy) is 1. The van der Waals surface area contributed by atoms with E-state index in [0.717, 1.165) is 11.3 Å². The Balaban J connectivity index is 1.72. The molecule has 0 saturated heterocycles. The molecule has 4 nitrogen and oxygen atoms in total. The Bertz CT molecular complexity index is 495. The summed E-state index contributed by atoms with van der Waals surface area (Å²) in [6, 6.07) is 7.63. The molecule has 1 fully saturated rings. The summed E-state index contributed by atoms with van der Waals surface area (Å²) in [5.41, 5.74) is 0.0628. The minimum atomic E-state index is -0.956. The first-order chi connectivity index (χ1) is 11.0. The molecule has 0 radical (unpaired) electrons. The summed E-state index contributed by atoms with van der Waals surface area (Å²) in [6.45, 7) is 2.02. The lowest BCUT2D eigenvalue weighted by atomic mass is 9.96. The maximum Gasteiger partial charge on any atom is 0.230 e. The number of carbonyl (C=O) groups excluding carboxylic acids is 1. The van der Waals surface area contributed by atoms with Crippen molar-refractivity contribution in [2.45, 2.75) is 49.9 Å². The molecule has 23 heavy (non-hydrogen) atoms. The molecule has 1 amide bonds. The highest BCUT2D eigenvalue weighted by atomic mass is 32.2. The van der Waals surface area contributed by atoms with Crippen LogP contribution in [0.5, 0.6) is 5.75 Å². The number of rotatable bonds is 8. The van der Waals surface area contributed by atoms with Gasteiger partial charge in [-0.3, -0.25) is 4.79 Å². The number of amides is 1. The van der Waals surface area contributed by atoms with Gasteiger partial charge < -0.3 is 15.2 Å². The van der Waals surface area contributed by atoms with Gasteiger partial charge in [-0.1, -0.05) is 25.0 Å². The van der Waals surface area contributed by atoms with Gasteiger partial charge in [0.25, 0.3) is 0 Å². The van der Waals surface area contributed by atoms with Crippen LogP contribution in [-0.4, -0.2) is 41.3 Å². The third-order valence-electron chi connectivity index (χ3n) is 4.16. The predicted molar refractivity (Wildman–Crippen MR) is 95.0 cm³/mol. The largest absolute Gasteiger partial charge is 0.497 e. The maximum absolute atomic E-state index is 11.9. The van der Waals surface area contributed by atoms with E-state index < -0.39 is 5.60 Å². The highest BCUT2D eigenvalue weighted by Crippen LogP contribution is 2.29. The lowest BCUT2D eigenvalue weighted by Gasteiger charge is -2.24. The van der Waals surface area contributed by atoms with Crippen LogP contribution in [0.2, 0.25) is 0 Å². The SMILES string of the molecule is COc1ccc(CC(C)(O)CNC(=O)CSC2CCCC2)cc1. The molecular weight excluding hydrogens is 310 g/mol. The molecule has 2 N–H and O–H groups in total. The molecule has 1 aliphatic rings. The van der Waals surface area contributed by atoms with Crippen LogP contribution in [0, 0.1) is 0 Å². The lowest BCUT2D eigenvalue weighted by Crippen LogP contribution is -2.42.